The highest BCUT2D eigenvalue weighted by Crippen LogP contribution is 2.41. The Morgan fingerprint density at radius 2 is 1.91 bits per heavy atom. The summed E-state index contributed by atoms with van der Waals surface area (Å²) in [5.41, 5.74) is 1.40. The second-order valence-corrected chi connectivity index (χ2v) is 5.81. The van der Waals surface area contributed by atoms with Crippen LogP contribution >= 0.6 is 0 Å². The summed E-state index contributed by atoms with van der Waals surface area (Å²) < 4.78 is 8.37. The Morgan fingerprint density at radius 3 is 2.64 bits per heavy atom. The molecule has 1 aromatic carbocycles. The Morgan fingerprint density at radius 1 is 1.18 bits per heavy atom. The van der Waals surface area contributed by atoms with E-state index in [2.05, 4.69) is 4.57 Å². The SMILES string of the molecule is CCN(CC)C(=O)CC1(C)Oc2ccccc2-n2cccc21. The number of fused-ring (bicyclic) bond motifs is 3. The predicted octanol–water partition coefficient (Wildman–Crippen LogP) is 3.34. The van der Waals surface area contributed by atoms with E-state index in [0.29, 0.717) is 6.42 Å². The summed E-state index contributed by atoms with van der Waals surface area (Å²) >= 11 is 0. The largest absolute Gasteiger partial charge is 0.479 e. The van der Waals surface area contributed by atoms with E-state index in [1.165, 1.54) is 0 Å². The maximum absolute atomic E-state index is 12.6. The zero-order chi connectivity index (χ0) is 15.7. The first kappa shape index (κ1) is 14.7. The van der Waals surface area contributed by atoms with Crippen LogP contribution in [0.15, 0.2) is 42.6 Å². The Balaban J connectivity index is 1.97. The van der Waals surface area contributed by atoms with E-state index in [-0.39, 0.29) is 5.91 Å². The van der Waals surface area contributed by atoms with Gasteiger partial charge in [0.25, 0.3) is 0 Å². The van der Waals surface area contributed by atoms with Crippen LogP contribution in [0.4, 0.5) is 0 Å². The van der Waals surface area contributed by atoms with E-state index in [1.54, 1.807) is 0 Å². The molecule has 1 amide bonds. The minimum Gasteiger partial charge on any atom is -0.479 e. The fourth-order valence-electron chi connectivity index (χ4n) is 3.16. The summed E-state index contributed by atoms with van der Waals surface area (Å²) in [6, 6.07) is 12.0. The van der Waals surface area contributed by atoms with Gasteiger partial charge >= 0.3 is 0 Å². The van der Waals surface area contributed by atoms with Gasteiger partial charge in [0.05, 0.1) is 17.8 Å². The van der Waals surface area contributed by atoms with Gasteiger partial charge in [0.15, 0.2) is 5.60 Å². The minimum atomic E-state index is -0.641. The molecule has 3 rings (SSSR count). The first-order valence-corrected chi connectivity index (χ1v) is 7.83. The molecular formula is C18H22N2O2. The van der Waals surface area contributed by atoms with Crippen LogP contribution in [-0.2, 0) is 10.4 Å². The molecule has 2 aromatic rings. The van der Waals surface area contributed by atoms with Crippen molar-refractivity contribution < 1.29 is 9.53 Å². The molecule has 0 N–H and O–H groups in total. The van der Waals surface area contributed by atoms with Gasteiger partial charge in [-0.25, -0.2) is 0 Å². The van der Waals surface area contributed by atoms with Crippen LogP contribution < -0.4 is 4.74 Å². The molecule has 0 fully saturated rings. The van der Waals surface area contributed by atoms with Gasteiger partial charge in [0.2, 0.25) is 5.91 Å². The van der Waals surface area contributed by atoms with Crippen molar-refractivity contribution in [2.24, 2.45) is 0 Å². The number of para-hydroxylation sites is 2. The predicted molar refractivity (Wildman–Crippen MR) is 86.3 cm³/mol. The third-order valence-electron chi connectivity index (χ3n) is 4.36. The van der Waals surface area contributed by atoms with Crippen molar-refractivity contribution in [3.8, 4) is 11.4 Å². The average Bonchev–Trinajstić information content (AvgIpc) is 2.99. The fourth-order valence-corrected chi connectivity index (χ4v) is 3.16. The van der Waals surface area contributed by atoms with Gasteiger partial charge in [-0.05, 0) is 45.0 Å². The van der Waals surface area contributed by atoms with Crippen molar-refractivity contribution in [3.63, 3.8) is 0 Å². The topological polar surface area (TPSA) is 34.5 Å². The molecule has 4 heteroatoms. The van der Waals surface area contributed by atoms with Crippen molar-refractivity contribution >= 4 is 5.91 Å². The molecule has 4 nitrogen and oxygen atoms in total. The molecule has 1 aromatic heterocycles. The number of aromatic nitrogens is 1. The second-order valence-electron chi connectivity index (χ2n) is 5.81. The second kappa shape index (κ2) is 5.52. The molecule has 0 saturated heterocycles. The van der Waals surface area contributed by atoms with Crippen LogP contribution in [0.3, 0.4) is 0 Å². The van der Waals surface area contributed by atoms with Gasteiger partial charge in [-0.2, -0.15) is 0 Å². The van der Waals surface area contributed by atoms with Gasteiger partial charge in [-0.15, -0.1) is 0 Å². The maximum atomic E-state index is 12.6. The van der Waals surface area contributed by atoms with Crippen LogP contribution in [0.5, 0.6) is 5.75 Å². The molecule has 1 aliphatic rings. The molecule has 1 atom stereocenters. The first-order chi connectivity index (χ1) is 10.6. The third kappa shape index (κ3) is 2.28. The van der Waals surface area contributed by atoms with Gasteiger partial charge in [-0.1, -0.05) is 12.1 Å². The highest BCUT2D eigenvalue weighted by Gasteiger charge is 2.39. The van der Waals surface area contributed by atoms with Crippen molar-refractivity contribution in [2.45, 2.75) is 32.8 Å². The number of hydrogen-bond acceptors (Lipinski definition) is 2. The van der Waals surface area contributed by atoms with Crippen molar-refractivity contribution in [2.75, 3.05) is 13.1 Å². The molecule has 2 heterocycles. The van der Waals surface area contributed by atoms with Crippen molar-refractivity contribution in [3.05, 3.63) is 48.3 Å². The zero-order valence-electron chi connectivity index (χ0n) is 13.4. The molecule has 116 valence electrons. The normalized spacial score (nSPS) is 19.0. The van der Waals surface area contributed by atoms with Crippen LogP contribution in [0.2, 0.25) is 0 Å². The zero-order valence-corrected chi connectivity index (χ0v) is 13.4. The minimum absolute atomic E-state index is 0.125. The van der Waals surface area contributed by atoms with Crippen molar-refractivity contribution in [1.29, 1.82) is 0 Å². The molecule has 1 aliphatic heterocycles. The number of ether oxygens (including phenoxy) is 1. The van der Waals surface area contributed by atoms with Gasteiger partial charge in [0, 0.05) is 19.3 Å². The Kier molecular flexibility index (Phi) is 3.69. The lowest BCUT2D eigenvalue weighted by Gasteiger charge is -2.37. The summed E-state index contributed by atoms with van der Waals surface area (Å²) in [6.07, 6.45) is 2.36. The van der Waals surface area contributed by atoms with Gasteiger partial charge in [0.1, 0.15) is 5.75 Å². The molecular weight excluding hydrogens is 276 g/mol. The van der Waals surface area contributed by atoms with Gasteiger partial charge in [-0.3, -0.25) is 4.79 Å². The number of rotatable bonds is 4. The monoisotopic (exact) mass is 298 g/mol. The van der Waals surface area contributed by atoms with E-state index in [1.807, 2.05) is 68.3 Å². The lowest BCUT2D eigenvalue weighted by Crippen LogP contribution is -2.42. The Hall–Kier alpha value is -2.23. The van der Waals surface area contributed by atoms with E-state index in [0.717, 1.165) is 30.2 Å². The third-order valence-corrected chi connectivity index (χ3v) is 4.36. The molecule has 0 radical (unpaired) electrons. The summed E-state index contributed by atoms with van der Waals surface area (Å²) in [4.78, 5) is 14.4. The molecule has 0 aliphatic carbocycles. The number of carbonyl (C=O) groups is 1. The Labute approximate surface area is 131 Å². The van der Waals surface area contributed by atoms with Crippen molar-refractivity contribution in [1.82, 2.24) is 9.47 Å². The van der Waals surface area contributed by atoms with E-state index >= 15 is 0 Å². The van der Waals surface area contributed by atoms with E-state index < -0.39 is 5.60 Å². The maximum Gasteiger partial charge on any atom is 0.226 e. The summed E-state index contributed by atoms with van der Waals surface area (Å²) in [6.45, 7) is 7.45. The standard InChI is InChI=1S/C18H22N2O2/c1-4-19(5-2)17(21)13-18(3)16-11-8-12-20(16)14-9-6-7-10-15(14)22-18/h6-12H,4-5,13H2,1-3H3. The lowest BCUT2D eigenvalue weighted by molar-refractivity contribution is -0.135. The van der Waals surface area contributed by atoms with E-state index in [9.17, 15) is 4.79 Å². The fraction of sp³-hybridized carbons (Fsp3) is 0.389. The highest BCUT2D eigenvalue weighted by atomic mass is 16.5. The number of hydrogen-bond donors (Lipinski definition) is 0. The Bertz CT molecular complexity index is 688. The highest BCUT2D eigenvalue weighted by molar-refractivity contribution is 5.77. The number of amides is 1. The first-order valence-electron chi connectivity index (χ1n) is 7.83. The summed E-state index contributed by atoms with van der Waals surface area (Å²) in [7, 11) is 0. The molecule has 22 heavy (non-hydrogen) atoms. The lowest BCUT2D eigenvalue weighted by atomic mass is 9.94. The number of nitrogens with zero attached hydrogens (tertiary/aromatic N) is 2. The van der Waals surface area contributed by atoms with E-state index in [4.69, 9.17) is 4.74 Å². The summed E-state index contributed by atoms with van der Waals surface area (Å²) in [5.74, 6) is 0.945. The average molecular weight is 298 g/mol. The smallest absolute Gasteiger partial charge is 0.226 e. The molecule has 0 bridgehead atoms. The number of carbonyl (C=O) groups excluding carboxylic acids is 1. The molecule has 0 saturated carbocycles. The number of benzene rings is 1. The van der Waals surface area contributed by atoms with Gasteiger partial charge < -0.3 is 14.2 Å². The quantitative estimate of drug-likeness (QED) is 0.867. The molecule has 1 unspecified atom stereocenters. The van der Waals surface area contributed by atoms with Crippen LogP contribution in [0, 0.1) is 0 Å². The van der Waals surface area contributed by atoms with Crippen LogP contribution in [0.25, 0.3) is 5.69 Å². The molecule has 0 spiro atoms. The van der Waals surface area contributed by atoms with Crippen LogP contribution in [-0.4, -0.2) is 28.5 Å². The summed E-state index contributed by atoms with van der Waals surface area (Å²) in [5, 5.41) is 0. The van der Waals surface area contributed by atoms with Crippen LogP contribution in [0.1, 0.15) is 32.9 Å².